The summed E-state index contributed by atoms with van der Waals surface area (Å²) in [4.78, 5) is 14.7. The topological polar surface area (TPSA) is 94.0 Å². The fraction of sp³-hybridized carbons (Fsp3) is 0.261. The van der Waals surface area contributed by atoms with Crippen molar-refractivity contribution < 1.29 is 9.53 Å². The zero-order valence-corrected chi connectivity index (χ0v) is 16.8. The fourth-order valence-corrected chi connectivity index (χ4v) is 3.64. The lowest BCUT2D eigenvalue weighted by molar-refractivity contribution is 0.0931. The molecule has 1 saturated heterocycles. The Hall–Kier alpha value is -3.79. The van der Waals surface area contributed by atoms with Crippen LogP contribution >= 0.6 is 0 Å². The van der Waals surface area contributed by atoms with Gasteiger partial charge in [-0.2, -0.15) is 10.4 Å². The zero-order chi connectivity index (χ0) is 20.9. The number of benzene rings is 2. The third kappa shape index (κ3) is 4.28. The molecular weight excluding hydrogens is 378 g/mol. The predicted molar refractivity (Wildman–Crippen MR) is 114 cm³/mol. The molecule has 0 spiro atoms. The van der Waals surface area contributed by atoms with Crippen LogP contribution in [0.15, 0.2) is 54.6 Å². The second-order valence-corrected chi connectivity index (χ2v) is 7.30. The third-order valence-electron chi connectivity index (χ3n) is 5.37. The number of nitrogens with one attached hydrogen (secondary N) is 2. The number of carbonyl (C=O) groups excluding carboxylic acids is 1. The van der Waals surface area contributed by atoms with Gasteiger partial charge in [0.1, 0.15) is 5.75 Å². The Morgan fingerprint density at radius 2 is 1.97 bits per heavy atom. The molecular formula is C23H23N5O2. The number of amides is 1. The number of ether oxygens (including phenoxy) is 1. The molecule has 2 N–H and O–H groups in total. The minimum atomic E-state index is -0.132. The number of carbonyl (C=O) groups is 1. The molecule has 4 rings (SSSR count). The average Bonchev–Trinajstić information content (AvgIpc) is 3.30. The molecule has 0 radical (unpaired) electrons. The van der Waals surface area contributed by atoms with Gasteiger partial charge < -0.3 is 15.0 Å². The van der Waals surface area contributed by atoms with Gasteiger partial charge in [-0.3, -0.25) is 9.89 Å². The van der Waals surface area contributed by atoms with Crippen molar-refractivity contribution in [3.8, 4) is 23.1 Å². The summed E-state index contributed by atoms with van der Waals surface area (Å²) in [5.41, 5.74) is 3.02. The van der Waals surface area contributed by atoms with Gasteiger partial charge in [0.2, 0.25) is 0 Å². The number of nitrogens with zero attached hydrogens (tertiary/aromatic N) is 3. The lowest BCUT2D eigenvalue weighted by atomic mass is 10.0. The summed E-state index contributed by atoms with van der Waals surface area (Å²) in [5.74, 6) is 1.60. The Morgan fingerprint density at radius 3 is 2.67 bits per heavy atom. The highest BCUT2D eigenvalue weighted by Crippen LogP contribution is 2.25. The third-order valence-corrected chi connectivity index (χ3v) is 5.37. The number of H-pyrrole nitrogens is 1. The molecule has 1 aromatic heterocycles. The van der Waals surface area contributed by atoms with E-state index in [1.807, 2.05) is 30.3 Å². The number of piperidine rings is 1. The summed E-state index contributed by atoms with van der Waals surface area (Å²) < 4.78 is 5.20. The number of methoxy groups -OCH3 is 1. The first-order chi connectivity index (χ1) is 14.7. The molecule has 7 heteroatoms. The van der Waals surface area contributed by atoms with Crippen molar-refractivity contribution in [3.63, 3.8) is 0 Å². The number of anilines is 1. The van der Waals surface area contributed by atoms with E-state index < -0.39 is 0 Å². The zero-order valence-electron chi connectivity index (χ0n) is 16.8. The Balaban J connectivity index is 1.34. The highest BCUT2D eigenvalue weighted by Gasteiger charge is 2.23. The highest BCUT2D eigenvalue weighted by molar-refractivity contribution is 5.94. The standard InChI is InChI=1S/C23H23N5O2/c1-30-20-7-5-17(6-8-20)21-14-22(27-26-21)28-11-9-19(10-12-28)25-23(29)18-4-2-3-16(13-18)15-24/h2-8,13-14,19H,9-12H2,1H3,(H,25,29)(H,26,27). The first-order valence-corrected chi connectivity index (χ1v) is 9.92. The van der Waals surface area contributed by atoms with Crippen LogP contribution in [0.4, 0.5) is 5.82 Å². The van der Waals surface area contributed by atoms with Gasteiger partial charge >= 0.3 is 0 Å². The van der Waals surface area contributed by atoms with Gasteiger partial charge in [0.25, 0.3) is 5.91 Å². The molecule has 1 aliphatic rings. The quantitative estimate of drug-likeness (QED) is 0.684. The smallest absolute Gasteiger partial charge is 0.251 e. The van der Waals surface area contributed by atoms with E-state index in [0.717, 1.165) is 48.8 Å². The van der Waals surface area contributed by atoms with Gasteiger partial charge in [0, 0.05) is 30.8 Å². The molecule has 1 fully saturated rings. The largest absolute Gasteiger partial charge is 0.497 e. The van der Waals surface area contributed by atoms with E-state index in [2.05, 4.69) is 26.5 Å². The SMILES string of the molecule is COc1ccc(-c2cc(N3CCC(NC(=O)c4cccc(C#N)c4)CC3)n[nH]2)cc1. The molecule has 152 valence electrons. The van der Waals surface area contributed by atoms with Gasteiger partial charge in [-0.25, -0.2) is 0 Å². The van der Waals surface area contributed by atoms with E-state index in [4.69, 9.17) is 10.00 Å². The Bertz CT molecular complexity index is 1060. The second-order valence-electron chi connectivity index (χ2n) is 7.30. The average molecular weight is 401 g/mol. The molecule has 0 atom stereocenters. The molecule has 0 bridgehead atoms. The molecule has 0 aliphatic carbocycles. The second kappa shape index (κ2) is 8.70. The molecule has 0 saturated carbocycles. The van der Waals surface area contributed by atoms with E-state index in [1.54, 1.807) is 31.4 Å². The van der Waals surface area contributed by atoms with Crippen molar-refractivity contribution in [2.24, 2.45) is 0 Å². The summed E-state index contributed by atoms with van der Waals surface area (Å²) in [6, 6.07) is 18.9. The van der Waals surface area contributed by atoms with E-state index in [1.165, 1.54) is 0 Å². The first-order valence-electron chi connectivity index (χ1n) is 9.92. The maximum Gasteiger partial charge on any atom is 0.251 e. The van der Waals surface area contributed by atoms with Crippen LogP contribution in [-0.4, -0.2) is 42.3 Å². The van der Waals surface area contributed by atoms with Crippen LogP contribution in [0.1, 0.15) is 28.8 Å². The van der Waals surface area contributed by atoms with Gasteiger partial charge in [-0.1, -0.05) is 6.07 Å². The maximum atomic E-state index is 12.5. The molecule has 2 aromatic carbocycles. The first kappa shape index (κ1) is 19.5. The van der Waals surface area contributed by atoms with Crippen molar-refractivity contribution >= 4 is 11.7 Å². The summed E-state index contributed by atoms with van der Waals surface area (Å²) in [6.07, 6.45) is 1.68. The van der Waals surface area contributed by atoms with Crippen LogP contribution in [0, 0.1) is 11.3 Å². The lowest BCUT2D eigenvalue weighted by Crippen LogP contribution is -2.44. The van der Waals surface area contributed by atoms with Crippen molar-refractivity contribution in [2.75, 3.05) is 25.1 Å². The number of hydrogen-bond donors (Lipinski definition) is 2. The van der Waals surface area contributed by atoms with Gasteiger partial charge in [-0.05, 0) is 60.9 Å². The van der Waals surface area contributed by atoms with Crippen LogP contribution in [0.5, 0.6) is 5.75 Å². The van der Waals surface area contributed by atoms with Gasteiger partial charge in [0.05, 0.1) is 24.4 Å². The number of aromatic amines is 1. The molecule has 7 nitrogen and oxygen atoms in total. The Morgan fingerprint density at radius 1 is 1.20 bits per heavy atom. The maximum absolute atomic E-state index is 12.5. The molecule has 1 aliphatic heterocycles. The molecule has 1 amide bonds. The number of aromatic nitrogens is 2. The monoisotopic (exact) mass is 401 g/mol. The Labute approximate surface area is 175 Å². The van der Waals surface area contributed by atoms with Crippen LogP contribution in [0.25, 0.3) is 11.3 Å². The molecule has 30 heavy (non-hydrogen) atoms. The number of nitriles is 1. The van der Waals surface area contributed by atoms with Crippen molar-refractivity contribution in [2.45, 2.75) is 18.9 Å². The normalized spacial score (nSPS) is 14.2. The van der Waals surface area contributed by atoms with Crippen molar-refractivity contribution in [3.05, 3.63) is 65.7 Å². The van der Waals surface area contributed by atoms with Crippen LogP contribution in [0.3, 0.4) is 0 Å². The summed E-state index contributed by atoms with van der Waals surface area (Å²) >= 11 is 0. The van der Waals surface area contributed by atoms with E-state index in [0.29, 0.717) is 11.1 Å². The van der Waals surface area contributed by atoms with Crippen LogP contribution in [0.2, 0.25) is 0 Å². The molecule has 2 heterocycles. The predicted octanol–water partition coefficient (Wildman–Crippen LogP) is 3.36. The molecule has 0 unspecified atom stereocenters. The van der Waals surface area contributed by atoms with Crippen LogP contribution < -0.4 is 15.0 Å². The van der Waals surface area contributed by atoms with Crippen LogP contribution in [-0.2, 0) is 0 Å². The number of hydrogen-bond acceptors (Lipinski definition) is 5. The van der Waals surface area contributed by atoms with Gasteiger partial charge in [-0.15, -0.1) is 0 Å². The highest BCUT2D eigenvalue weighted by atomic mass is 16.5. The molecule has 3 aromatic rings. The summed E-state index contributed by atoms with van der Waals surface area (Å²) in [6.45, 7) is 1.63. The minimum Gasteiger partial charge on any atom is -0.497 e. The summed E-state index contributed by atoms with van der Waals surface area (Å²) in [7, 11) is 1.65. The number of rotatable bonds is 5. The fourth-order valence-electron chi connectivity index (χ4n) is 3.64. The Kier molecular flexibility index (Phi) is 5.66. The van der Waals surface area contributed by atoms with Gasteiger partial charge in [0.15, 0.2) is 5.82 Å². The lowest BCUT2D eigenvalue weighted by Gasteiger charge is -2.32. The van der Waals surface area contributed by atoms with E-state index in [-0.39, 0.29) is 11.9 Å². The minimum absolute atomic E-state index is 0.111. The van der Waals surface area contributed by atoms with E-state index >= 15 is 0 Å². The van der Waals surface area contributed by atoms with E-state index in [9.17, 15) is 4.79 Å². The van der Waals surface area contributed by atoms with Crippen molar-refractivity contribution in [1.29, 1.82) is 5.26 Å². The van der Waals surface area contributed by atoms with Crippen molar-refractivity contribution in [1.82, 2.24) is 15.5 Å². The summed E-state index contributed by atoms with van der Waals surface area (Å²) in [5, 5.41) is 19.7.